The maximum atomic E-state index is 10.0. The molecule has 0 spiro atoms. The summed E-state index contributed by atoms with van der Waals surface area (Å²) in [4.78, 5) is 0. The van der Waals surface area contributed by atoms with Gasteiger partial charge in [0.2, 0.25) is 0 Å². The summed E-state index contributed by atoms with van der Waals surface area (Å²) < 4.78 is 5.98. The Kier molecular flexibility index (Phi) is 8.06. The first-order valence-corrected chi connectivity index (χ1v) is 12.4. The molecule has 174 valence electrons. The zero-order valence-electron chi connectivity index (χ0n) is 20.0. The minimum Gasteiger partial charge on any atom is -0.508 e. The Bertz CT molecular complexity index is 998. The van der Waals surface area contributed by atoms with Crippen molar-refractivity contribution in [2.45, 2.75) is 51.4 Å². The molecule has 3 nitrogen and oxygen atoms in total. The van der Waals surface area contributed by atoms with E-state index in [0.717, 1.165) is 37.6 Å². The van der Waals surface area contributed by atoms with Crippen LogP contribution < -0.4 is 10.1 Å². The number of hydrogen-bond donors (Lipinski definition) is 2. The highest BCUT2D eigenvalue weighted by Gasteiger charge is 2.32. The van der Waals surface area contributed by atoms with Crippen LogP contribution in [0.5, 0.6) is 11.5 Å². The molecule has 0 amide bonds. The largest absolute Gasteiger partial charge is 0.508 e. The third-order valence-corrected chi connectivity index (χ3v) is 6.74. The highest BCUT2D eigenvalue weighted by atomic mass is 16.5. The standard InChI is InChI=1S/C30H37NO2/c1-22(2)7-6-18-31-19-20-33-27-14-10-24(11-15-27)30-28(23-8-4-3-5-9-23)16-12-25-21-26(32)13-17-29(25)30/h3-5,8-11,13-15,17,21-22,28,30-32H,6-7,12,16,18-20H2,1-2H3/t28-,30+/m1/s1. The second-order valence-corrected chi connectivity index (χ2v) is 9.62. The molecule has 2 atom stereocenters. The third kappa shape index (κ3) is 6.17. The van der Waals surface area contributed by atoms with E-state index in [1.54, 1.807) is 0 Å². The third-order valence-electron chi connectivity index (χ3n) is 6.74. The average Bonchev–Trinajstić information content (AvgIpc) is 2.83. The van der Waals surface area contributed by atoms with E-state index < -0.39 is 0 Å². The number of aromatic hydroxyl groups is 1. The smallest absolute Gasteiger partial charge is 0.119 e. The first-order valence-electron chi connectivity index (χ1n) is 12.4. The van der Waals surface area contributed by atoms with E-state index in [1.807, 2.05) is 12.1 Å². The first kappa shape index (κ1) is 23.4. The van der Waals surface area contributed by atoms with E-state index >= 15 is 0 Å². The summed E-state index contributed by atoms with van der Waals surface area (Å²) in [6.45, 7) is 7.14. The number of phenolic OH excluding ortho intramolecular Hbond substituents is 1. The van der Waals surface area contributed by atoms with Crippen LogP contribution in [-0.4, -0.2) is 24.8 Å². The molecule has 3 heteroatoms. The Morgan fingerprint density at radius 2 is 1.73 bits per heavy atom. The summed E-state index contributed by atoms with van der Waals surface area (Å²) in [5.41, 5.74) is 5.27. The van der Waals surface area contributed by atoms with Crippen LogP contribution in [0.25, 0.3) is 0 Å². The normalized spacial score (nSPS) is 17.7. The maximum Gasteiger partial charge on any atom is 0.119 e. The number of hydrogen-bond acceptors (Lipinski definition) is 3. The summed E-state index contributed by atoms with van der Waals surface area (Å²) >= 11 is 0. The van der Waals surface area contributed by atoms with E-state index in [4.69, 9.17) is 4.74 Å². The number of fused-ring (bicyclic) bond motifs is 1. The lowest BCUT2D eigenvalue weighted by Gasteiger charge is -2.34. The van der Waals surface area contributed by atoms with Crippen molar-refractivity contribution < 1.29 is 9.84 Å². The fourth-order valence-electron chi connectivity index (χ4n) is 5.05. The van der Waals surface area contributed by atoms with E-state index in [1.165, 1.54) is 35.1 Å². The van der Waals surface area contributed by atoms with Gasteiger partial charge < -0.3 is 15.2 Å². The highest BCUT2D eigenvalue weighted by molar-refractivity contribution is 5.48. The highest BCUT2D eigenvalue weighted by Crippen LogP contribution is 2.47. The van der Waals surface area contributed by atoms with E-state index in [2.05, 4.69) is 79.8 Å². The number of ether oxygens (including phenoxy) is 1. The van der Waals surface area contributed by atoms with Crippen molar-refractivity contribution in [2.75, 3.05) is 19.7 Å². The lowest BCUT2D eigenvalue weighted by Crippen LogP contribution is -2.22. The minimum atomic E-state index is 0.272. The van der Waals surface area contributed by atoms with Gasteiger partial charge in [0.25, 0.3) is 0 Å². The van der Waals surface area contributed by atoms with Crippen molar-refractivity contribution in [3.8, 4) is 11.5 Å². The van der Waals surface area contributed by atoms with Crippen LogP contribution in [0.1, 0.15) is 67.2 Å². The van der Waals surface area contributed by atoms with Crippen LogP contribution in [0.15, 0.2) is 72.8 Å². The number of rotatable bonds is 10. The number of nitrogens with one attached hydrogen (secondary N) is 1. The zero-order chi connectivity index (χ0) is 23.0. The van der Waals surface area contributed by atoms with Gasteiger partial charge in [-0.1, -0.05) is 62.4 Å². The van der Waals surface area contributed by atoms with Crippen LogP contribution in [-0.2, 0) is 6.42 Å². The Labute approximate surface area is 198 Å². The predicted molar refractivity (Wildman–Crippen MR) is 136 cm³/mol. The van der Waals surface area contributed by atoms with Crippen LogP contribution in [0.3, 0.4) is 0 Å². The summed E-state index contributed by atoms with van der Waals surface area (Å²) in [5.74, 6) is 2.73. The van der Waals surface area contributed by atoms with Gasteiger partial charge in [0, 0.05) is 12.5 Å². The molecule has 0 fully saturated rings. The molecule has 0 saturated heterocycles. The monoisotopic (exact) mass is 443 g/mol. The lowest BCUT2D eigenvalue weighted by atomic mass is 9.69. The second kappa shape index (κ2) is 11.4. The minimum absolute atomic E-state index is 0.272. The predicted octanol–water partition coefficient (Wildman–Crippen LogP) is 6.66. The number of benzene rings is 3. The summed E-state index contributed by atoms with van der Waals surface area (Å²) in [6.07, 6.45) is 4.55. The van der Waals surface area contributed by atoms with Gasteiger partial charge >= 0.3 is 0 Å². The lowest BCUT2D eigenvalue weighted by molar-refractivity contribution is 0.313. The Morgan fingerprint density at radius 3 is 2.48 bits per heavy atom. The average molecular weight is 444 g/mol. The van der Waals surface area contributed by atoms with Crippen molar-refractivity contribution in [3.63, 3.8) is 0 Å². The zero-order valence-corrected chi connectivity index (χ0v) is 20.0. The number of aryl methyl sites for hydroxylation is 1. The summed E-state index contributed by atoms with van der Waals surface area (Å²) in [7, 11) is 0. The van der Waals surface area contributed by atoms with E-state index in [9.17, 15) is 5.11 Å². The SMILES string of the molecule is CC(C)CCCNCCOc1ccc([C@@H]2c3ccc(O)cc3CC[C@@H]2c2ccccc2)cc1. The fourth-order valence-corrected chi connectivity index (χ4v) is 5.05. The van der Waals surface area contributed by atoms with Crippen LogP contribution in [0.4, 0.5) is 0 Å². The van der Waals surface area contributed by atoms with Gasteiger partial charge in [-0.25, -0.2) is 0 Å². The molecule has 1 aliphatic carbocycles. The van der Waals surface area contributed by atoms with Crippen molar-refractivity contribution in [1.82, 2.24) is 5.32 Å². The van der Waals surface area contributed by atoms with Crippen LogP contribution in [0, 0.1) is 5.92 Å². The molecule has 3 aromatic rings. The van der Waals surface area contributed by atoms with Crippen molar-refractivity contribution in [3.05, 3.63) is 95.1 Å². The maximum absolute atomic E-state index is 10.0. The molecule has 0 aliphatic heterocycles. The molecule has 0 bridgehead atoms. The number of phenols is 1. The summed E-state index contributed by atoms with van der Waals surface area (Å²) in [5, 5.41) is 13.5. The van der Waals surface area contributed by atoms with Gasteiger partial charge in [-0.3, -0.25) is 0 Å². The van der Waals surface area contributed by atoms with E-state index in [0.29, 0.717) is 18.3 Å². The first-order chi connectivity index (χ1) is 16.1. The van der Waals surface area contributed by atoms with Gasteiger partial charge in [-0.2, -0.15) is 0 Å². The molecule has 1 aliphatic rings. The quantitative estimate of drug-likeness (QED) is 0.344. The molecule has 2 N–H and O–H groups in total. The van der Waals surface area contributed by atoms with E-state index in [-0.39, 0.29) is 5.92 Å². The van der Waals surface area contributed by atoms with Crippen LogP contribution in [0.2, 0.25) is 0 Å². The molecule has 0 heterocycles. The van der Waals surface area contributed by atoms with Gasteiger partial charge in [0.15, 0.2) is 0 Å². The Hall–Kier alpha value is -2.78. The topological polar surface area (TPSA) is 41.5 Å². The Morgan fingerprint density at radius 1 is 0.939 bits per heavy atom. The van der Waals surface area contributed by atoms with Gasteiger partial charge in [-0.15, -0.1) is 0 Å². The van der Waals surface area contributed by atoms with Crippen molar-refractivity contribution in [1.29, 1.82) is 0 Å². The summed E-state index contributed by atoms with van der Waals surface area (Å²) in [6, 6.07) is 25.3. The van der Waals surface area contributed by atoms with Crippen molar-refractivity contribution in [2.24, 2.45) is 5.92 Å². The second-order valence-electron chi connectivity index (χ2n) is 9.62. The molecule has 33 heavy (non-hydrogen) atoms. The van der Waals surface area contributed by atoms with Gasteiger partial charge in [0.1, 0.15) is 18.1 Å². The molecular weight excluding hydrogens is 406 g/mol. The van der Waals surface area contributed by atoms with Crippen molar-refractivity contribution >= 4 is 0 Å². The molecular formula is C30H37NO2. The molecule has 0 radical (unpaired) electrons. The van der Waals surface area contributed by atoms with Gasteiger partial charge in [-0.05, 0) is 90.6 Å². The molecule has 4 rings (SSSR count). The Balaban J connectivity index is 1.44. The van der Waals surface area contributed by atoms with Gasteiger partial charge in [0.05, 0.1) is 0 Å². The van der Waals surface area contributed by atoms with Crippen LogP contribution >= 0.6 is 0 Å². The molecule has 0 aromatic heterocycles. The molecule has 3 aromatic carbocycles. The fraction of sp³-hybridized carbons (Fsp3) is 0.400. The molecule has 0 unspecified atom stereocenters. The molecule has 0 saturated carbocycles.